The van der Waals surface area contributed by atoms with E-state index in [-0.39, 0.29) is 17.5 Å². The number of hydrogen-bond acceptors (Lipinski definition) is 6. The fourth-order valence-corrected chi connectivity index (χ4v) is 2.08. The number of amides is 1. The van der Waals surface area contributed by atoms with E-state index in [0.29, 0.717) is 11.3 Å². The van der Waals surface area contributed by atoms with Crippen LogP contribution < -0.4 is 10.6 Å². The highest BCUT2D eigenvalue weighted by atomic mass is 16.7. The molecule has 0 unspecified atom stereocenters. The second kappa shape index (κ2) is 6.74. The van der Waals surface area contributed by atoms with Crippen LogP contribution in [0.4, 0.5) is 5.69 Å². The summed E-state index contributed by atoms with van der Waals surface area (Å²) in [7, 11) is 0. The third kappa shape index (κ3) is 4.13. The van der Waals surface area contributed by atoms with Gasteiger partial charge >= 0.3 is 11.9 Å². The Labute approximate surface area is 140 Å². The van der Waals surface area contributed by atoms with Crippen molar-refractivity contribution in [1.29, 1.82) is 0 Å². The number of benzene rings is 1. The Kier molecular flexibility index (Phi) is 4.92. The number of nitrogens with one attached hydrogen (secondary N) is 2. The second-order valence-electron chi connectivity index (χ2n) is 6.05. The molecular formula is C17H20N2O5. The van der Waals surface area contributed by atoms with Crippen molar-refractivity contribution in [3.05, 3.63) is 41.6 Å². The number of para-hydroxylation sites is 1. The molecule has 7 heteroatoms. The molecule has 1 amide bonds. The molecule has 0 bridgehead atoms. The van der Waals surface area contributed by atoms with Gasteiger partial charge in [-0.15, -0.1) is 0 Å². The monoisotopic (exact) mass is 332 g/mol. The van der Waals surface area contributed by atoms with Crippen LogP contribution in [-0.2, 0) is 19.1 Å². The third-order valence-electron chi connectivity index (χ3n) is 3.08. The summed E-state index contributed by atoms with van der Waals surface area (Å²) in [4.78, 5) is 36.0. The van der Waals surface area contributed by atoms with Crippen molar-refractivity contribution in [2.45, 2.75) is 39.5 Å². The van der Waals surface area contributed by atoms with E-state index >= 15 is 0 Å². The van der Waals surface area contributed by atoms with Crippen molar-refractivity contribution in [2.24, 2.45) is 0 Å². The van der Waals surface area contributed by atoms with Crippen LogP contribution in [0.2, 0.25) is 0 Å². The van der Waals surface area contributed by atoms with Crippen LogP contribution in [0.25, 0.3) is 0 Å². The molecule has 128 valence electrons. The van der Waals surface area contributed by atoms with Crippen molar-refractivity contribution >= 4 is 23.5 Å². The topological polar surface area (TPSA) is 93.7 Å². The van der Waals surface area contributed by atoms with E-state index in [2.05, 4.69) is 10.6 Å². The molecule has 24 heavy (non-hydrogen) atoms. The summed E-state index contributed by atoms with van der Waals surface area (Å²) in [5, 5.41) is 5.58. The fraction of sp³-hybridized carbons (Fsp3) is 0.353. The highest BCUT2D eigenvalue weighted by molar-refractivity contribution is 6.15. The van der Waals surface area contributed by atoms with Gasteiger partial charge in [-0.2, -0.15) is 0 Å². The Balaban J connectivity index is 2.22. The second-order valence-corrected chi connectivity index (χ2v) is 6.05. The zero-order valence-corrected chi connectivity index (χ0v) is 14.0. The Morgan fingerprint density at radius 2 is 1.71 bits per heavy atom. The standard InChI is InChI=1S/C17H20N2O5/c1-10(2)19-14(20)11-7-5-6-8-13(11)18-9-12-15(21)23-17(3,4)24-16(12)22/h5-10,18H,1-4H3,(H,19,20). The lowest BCUT2D eigenvalue weighted by Crippen LogP contribution is -2.42. The normalized spacial score (nSPS) is 16.3. The first-order valence-corrected chi connectivity index (χ1v) is 7.53. The maximum Gasteiger partial charge on any atom is 0.350 e. The lowest BCUT2D eigenvalue weighted by atomic mass is 10.1. The molecule has 1 aliphatic heterocycles. The molecule has 7 nitrogen and oxygen atoms in total. The minimum atomic E-state index is -1.29. The molecule has 0 radical (unpaired) electrons. The van der Waals surface area contributed by atoms with Crippen LogP contribution in [0.5, 0.6) is 0 Å². The molecule has 0 aliphatic carbocycles. The van der Waals surface area contributed by atoms with Gasteiger partial charge in [-0.3, -0.25) is 4.79 Å². The minimum absolute atomic E-state index is 0.0190. The first-order chi connectivity index (χ1) is 11.2. The molecule has 1 saturated heterocycles. The molecule has 1 aromatic carbocycles. The maximum atomic E-state index is 12.2. The highest BCUT2D eigenvalue weighted by Crippen LogP contribution is 2.23. The van der Waals surface area contributed by atoms with Gasteiger partial charge in [0.15, 0.2) is 5.57 Å². The lowest BCUT2D eigenvalue weighted by Gasteiger charge is -2.29. The van der Waals surface area contributed by atoms with E-state index < -0.39 is 17.7 Å². The van der Waals surface area contributed by atoms with E-state index in [9.17, 15) is 14.4 Å². The molecule has 1 heterocycles. The quantitative estimate of drug-likeness (QED) is 0.497. The summed E-state index contributed by atoms with van der Waals surface area (Å²) >= 11 is 0. The smallest absolute Gasteiger partial charge is 0.350 e. The van der Waals surface area contributed by atoms with Crippen LogP contribution >= 0.6 is 0 Å². The van der Waals surface area contributed by atoms with Crippen LogP contribution in [0.15, 0.2) is 36.0 Å². The van der Waals surface area contributed by atoms with Crippen molar-refractivity contribution < 1.29 is 23.9 Å². The molecule has 1 aliphatic rings. The Morgan fingerprint density at radius 1 is 1.12 bits per heavy atom. The maximum absolute atomic E-state index is 12.2. The molecule has 1 fully saturated rings. The molecular weight excluding hydrogens is 312 g/mol. The van der Waals surface area contributed by atoms with Gasteiger partial charge < -0.3 is 20.1 Å². The number of carbonyl (C=O) groups is 3. The zero-order chi connectivity index (χ0) is 17.9. The predicted molar refractivity (Wildman–Crippen MR) is 87.0 cm³/mol. The first-order valence-electron chi connectivity index (χ1n) is 7.53. The molecule has 0 spiro atoms. The number of cyclic esters (lactones) is 2. The Morgan fingerprint density at radius 3 is 2.29 bits per heavy atom. The summed E-state index contributed by atoms with van der Waals surface area (Å²) in [6, 6.07) is 6.73. The van der Waals surface area contributed by atoms with E-state index in [1.54, 1.807) is 24.3 Å². The molecule has 2 N–H and O–H groups in total. The van der Waals surface area contributed by atoms with Crippen LogP contribution in [0.1, 0.15) is 38.1 Å². The van der Waals surface area contributed by atoms with Crippen LogP contribution in [0, 0.1) is 0 Å². The van der Waals surface area contributed by atoms with Gasteiger partial charge in [0.25, 0.3) is 11.7 Å². The van der Waals surface area contributed by atoms with Gasteiger partial charge in [-0.05, 0) is 26.0 Å². The van der Waals surface area contributed by atoms with Crippen molar-refractivity contribution in [1.82, 2.24) is 5.32 Å². The molecule has 2 rings (SSSR count). The average Bonchev–Trinajstić information content (AvgIpc) is 2.44. The van der Waals surface area contributed by atoms with Crippen molar-refractivity contribution in [3.63, 3.8) is 0 Å². The van der Waals surface area contributed by atoms with E-state index in [1.165, 1.54) is 20.0 Å². The van der Waals surface area contributed by atoms with E-state index in [0.717, 1.165) is 0 Å². The van der Waals surface area contributed by atoms with Gasteiger partial charge in [-0.25, -0.2) is 9.59 Å². The third-order valence-corrected chi connectivity index (χ3v) is 3.08. The summed E-state index contributed by atoms with van der Waals surface area (Å²) in [5.74, 6) is -3.12. The first kappa shape index (κ1) is 17.5. The Hall–Kier alpha value is -2.83. The van der Waals surface area contributed by atoms with E-state index in [4.69, 9.17) is 9.47 Å². The van der Waals surface area contributed by atoms with Gasteiger partial charge in [0, 0.05) is 26.1 Å². The Bertz CT molecular complexity index is 685. The summed E-state index contributed by atoms with van der Waals surface area (Å²) in [6.45, 7) is 6.65. The molecule has 0 atom stereocenters. The van der Waals surface area contributed by atoms with Crippen LogP contribution in [0.3, 0.4) is 0 Å². The average molecular weight is 332 g/mol. The number of carbonyl (C=O) groups excluding carboxylic acids is 3. The summed E-state index contributed by atoms with van der Waals surface area (Å²) < 4.78 is 10.0. The van der Waals surface area contributed by atoms with Crippen LogP contribution in [-0.4, -0.2) is 29.7 Å². The SMILES string of the molecule is CC(C)NC(=O)c1ccccc1NC=C1C(=O)OC(C)(C)OC1=O. The zero-order valence-electron chi connectivity index (χ0n) is 14.0. The van der Waals surface area contributed by atoms with Crippen molar-refractivity contribution in [3.8, 4) is 0 Å². The summed E-state index contributed by atoms with van der Waals surface area (Å²) in [6.07, 6.45) is 1.18. The van der Waals surface area contributed by atoms with Gasteiger partial charge in [-0.1, -0.05) is 12.1 Å². The largest absolute Gasteiger partial charge is 0.419 e. The number of hydrogen-bond donors (Lipinski definition) is 2. The molecule has 0 aromatic heterocycles. The number of rotatable bonds is 4. The molecule has 1 aromatic rings. The highest BCUT2D eigenvalue weighted by Gasteiger charge is 2.39. The minimum Gasteiger partial charge on any atom is -0.419 e. The predicted octanol–water partition coefficient (Wildman–Crippen LogP) is 1.96. The number of ether oxygens (including phenoxy) is 2. The summed E-state index contributed by atoms with van der Waals surface area (Å²) in [5.41, 5.74) is 0.572. The number of esters is 2. The van der Waals surface area contributed by atoms with Gasteiger partial charge in [0.2, 0.25) is 0 Å². The van der Waals surface area contributed by atoms with Gasteiger partial charge in [0.05, 0.1) is 11.3 Å². The fourth-order valence-electron chi connectivity index (χ4n) is 2.08. The van der Waals surface area contributed by atoms with Gasteiger partial charge in [0.1, 0.15) is 0 Å². The lowest BCUT2D eigenvalue weighted by molar-refractivity contribution is -0.222. The van der Waals surface area contributed by atoms with E-state index in [1.807, 2.05) is 13.8 Å². The molecule has 0 saturated carbocycles. The van der Waals surface area contributed by atoms with Crippen molar-refractivity contribution in [2.75, 3.05) is 5.32 Å². The number of anilines is 1.